The van der Waals surface area contributed by atoms with E-state index in [9.17, 15) is 4.39 Å². The number of hydrogen-bond acceptors (Lipinski definition) is 1. The van der Waals surface area contributed by atoms with E-state index in [0.717, 1.165) is 35.2 Å². The highest BCUT2D eigenvalue weighted by Crippen LogP contribution is 2.22. The van der Waals surface area contributed by atoms with Crippen LogP contribution in [0.25, 0.3) is 6.08 Å². The molecular weight excluding hydrogens is 293 g/mol. The van der Waals surface area contributed by atoms with Crippen LogP contribution in [0, 0.1) is 12.3 Å². The molecule has 1 aromatic rings. The molecule has 0 N–H and O–H groups in total. The van der Waals surface area contributed by atoms with Gasteiger partial charge in [0, 0.05) is 29.7 Å². The van der Waals surface area contributed by atoms with Gasteiger partial charge in [-0.3, -0.25) is 9.29 Å². The molecule has 0 amide bonds. The topological polar surface area (TPSA) is 3.24 Å². The van der Waals surface area contributed by atoms with E-state index in [2.05, 4.69) is 32.8 Å². The molecule has 2 rings (SSSR count). The van der Waals surface area contributed by atoms with Crippen molar-refractivity contribution >= 4 is 22.0 Å². The third kappa shape index (κ3) is 3.22. The van der Waals surface area contributed by atoms with Crippen LogP contribution in [0.1, 0.15) is 17.5 Å². The van der Waals surface area contributed by atoms with Gasteiger partial charge in [0.25, 0.3) is 0 Å². The fourth-order valence-electron chi connectivity index (χ4n) is 2.04. The lowest BCUT2D eigenvalue weighted by Gasteiger charge is -2.33. The molecule has 1 aliphatic rings. The van der Waals surface area contributed by atoms with Gasteiger partial charge < -0.3 is 0 Å². The monoisotopic (exact) mass is 307 g/mol. The van der Waals surface area contributed by atoms with E-state index in [1.165, 1.54) is 5.57 Å². The standard InChI is InChI=1S/C15H15BrFN/c1-2-14-9-12(4-5-15(14)16)8-13-10-18(11-13)7-3-6-17/h1,4-5,8-9H,3,6-7,10-11H2. The number of nitrogens with zero attached hydrogens (tertiary/aromatic N) is 1. The normalized spacial score (nSPS) is 15.1. The van der Waals surface area contributed by atoms with Gasteiger partial charge in [0.2, 0.25) is 0 Å². The van der Waals surface area contributed by atoms with Crippen LogP contribution in [0.2, 0.25) is 0 Å². The summed E-state index contributed by atoms with van der Waals surface area (Å²) in [6.07, 6.45) is 8.23. The Balaban J connectivity index is 1.97. The van der Waals surface area contributed by atoms with Crippen LogP contribution in [-0.2, 0) is 0 Å². The van der Waals surface area contributed by atoms with Crippen molar-refractivity contribution < 1.29 is 4.39 Å². The molecule has 0 atom stereocenters. The summed E-state index contributed by atoms with van der Waals surface area (Å²) in [5.74, 6) is 2.65. The van der Waals surface area contributed by atoms with Crippen LogP contribution in [0.5, 0.6) is 0 Å². The molecular formula is C15H15BrFN. The summed E-state index contributed by atoms with van der Waals surface area (Å²) >= 11 is 3.42. The molecule has 0 unspecified atom stereocenters. The summed E-state index contributed by atoms with van der Waals surface area (Å²) in [5, 5.41) is 0. The fourth-order valence-corrected chi connectivity index (χ4v) is 2.40. The van der Waals surface area contributed by atoms with Gasteiger partial charge in [-0.2, -0.15) is 0 Å². The Morgan fingerprint density at radius 3 is 2.89 bits per heavy atom. The number of hydrogen-bond donors (Lipinski definition) is 0. The lowest BCUT2D eigenvalue weighted by atomic mass is 10.0. The molecule has 0 aromatic heterocycles. The summed E-state index contributed by atoms with van der Waals surface area (Å²) in [6, 6.07) is 6.02. The molecule has 1 fully saturated rings. The molecule has 0 saturated carbocycles. The Bertz CT molecular complexity index is 494. The van der Waals surface area contributed by atoms with Crippen LogP contribution in [0.4, 0.5) is 4.39 Å². The van der Waals surface area contributed by atoms with E-state index in [4.69, 9.17) is 6.42 Å². The lowest BCUT2D eigenvalue weighted by Crippen LogP contribution is -2.40. The van der Waals surface area contributed by atoms with Gasteiger partial charge >= 0.3 is 0 Å². The van der Waals surface area contributed by atoms with Gasteiger partial charge in [-0.1, -0.05) is 18.1 Å². The molecule has 0 bridgehead atoms. The molecule has 1 aromatic carbocycles. The molecule has 0 aliphatic carbocycles. The number of rotatable bonds is 4. The quantitative estimate of drug-likeness (QED) is 0.770. The largest absolute Gasteiger partial charge is 0.295 e. The van der Waals surface area contributed by atoms with Gasteiger partial charge in [-0.05, 0) is 45.6 Å². The second-order valence-electron chi connectivity index (χ2n) is 4.44. The van der Waals surface area contributed by atoms with Gasteiger partial charge in [-0.15, -0.1) is 6.42 Å². The van der Waals surface area contributed by atoms with Crippen LogP contribution in [-0.4, -0.2) is 31.2 Å². The summed E-state index contributed by atoms with van der Waals surface area (Å²) in [7, 11) is 0. The zero-order chi connectivity index (χ0) is 13.0. The Morgan fingerprint density at radius 1 is 1.44 bits per heavy atom. The van der Waals surface area contributed by atoms with Crippen molar-refractivity contribution in [1.82, 2.24) is 4.90 Å². The van der Waals surface area contributed by atoms with Crippen LogP contribution in [0.15, 0.2) is 28.2 Å². The van der Waals surface area contributed by atoms with Gasteiger partial charge in [0.1, 0.15) is 0 Å². The number of terminal acetylenes is 1. The number of alkyl halides is 1. The Kier molecular flexibility index (Phi) is 4.57. The van der Waals surface area contributed by atoms with Crippen molar-refractivity contribution in [1.29, 1.82) is 0 Å². The fraction of sp³-hybridized carbons (Fsp3) is 0.333. The van der Waals surface area contributed by atoms with Crippen molar-refractivity contribution in [3.63, 3.8) is 0 Å². The maximum Gasteiger partial charge on any atom is 0.0906 e. The van der Waals surface area contributed by atoms with E-state index in [1.54, 1.807) is 0 Å². The predicted octanol–water partition coefficient (Wildman–Crippen LogP) is 3.49. The number of benzene rings is 1. The Labute approximate surface area is 116 Å². The second kappa shape index (κ2) is 6.17. The van der Waals surface area contributed by atoms with Crippen molar-refractivity contribution in [2.45, 2.75) is 6.42 Å². The highest BCUT2D eigenvalue weighted by molar-refractivity contribution is 9.10. The van der Waals surface area contributed by atoms with Crippen molar-refractivity contribution in [3.8, 4) is 12.3 Å². The molecule has 0 radical (unpaired) electrons. The molecule has 94 valence electrons. The third-order valence-electron chi connectivity index (χ3n) is 2.98. The Hall–Kier alpha value is -1.11. The number of likely N-dealkylation sites (tertiary alicyclic amines) is 1. The van der Waals surface area contributed by atoms with Crippen molar-refractivity contribution in [2.75, 3.05) is 26.3 Å². The zero-order valence-corrected chi connectivity index (χ0v) is 11.7. The van der Waals surface area contributed by atoms with E-state index in [-0.39, 0.29) is 6.67 Å². The SMILES string of the molecule is C#Cc1cc(C=C2CN(CCCF)C2)ccc1Br. The smallest absolute Gasteiger partial charge is 0.0906 e. The summed E-state index contributed by atoms with van der Waals surface area (Å²) < 4.78 is 13.0. The first-order valence-corrected chi connectivity index (χ1v) is 6.76. The third-order valence-corrected chi connectivity index (χ3v) is 3.67. The predicted molar refractivity (Wildman–Crippen MR) is 77.1 cm³/mol. The van der Waals surface area contributed by atoms with Crippen LogP contribution < -0.4 is 0 Å². The maximum atomic E-state index is 12.0. The number of halogens is 2. The van der Waals surface area contributed by atoms with E-state index >= 15 is 0 Å². The average Bonchev–Trinajstić information content (AvgIpc) is 2.34. The minimum atomic E-state index is -0.228. The van der Waals surface area contributed by atoms with Crippen LogP contribution >= 0.6 is 15.9 Å². The summed E-state index contributed by atoms with van der Waals surface area (Å²) in [4.78, 5) is 2.24. The minimum absolute atomic E-state index is 0.228. The highest BCUT2D eigenvalue weighted by atomic mass is 79.9. The van der Waals surface area contributed by atoms with Gasteiger partial charge in [0.05, 0.1) is 6.67 Å². The zero-order valence-electron chi connectivity index (χ0n) is 10.1. The maximum absolute atomic E-state index is 12.0. The molecule has 1 aliphatic heterocycles. The first kappa shape index (κ1) is 13.3. The van der Waals surface area contributed by atoms with E-state index < -0.39 is 0 Å². The molecule has 3 heteroatoms. The molecule has 1 heterocycles. The molecule has 1 saturated heterocycles. The lowest BCUT2D eigenvalue weighted by molar-refractivity contribution is 0.239. The minimum Gasteiger partial charge on any atom is -0.295 e. The van der Waals surface area contributed by atoms with E-state index in [0.29, 0.717) is 6.42 Å². The van der Waals surface area contributed by atoms with E-state index in [1.807, 2.05) is 18.2 Å². The van der Waals surface area contributed by atoms with Crippen molar-refractivity contribution in [2.24, 2.45) is 0 Å². The van der Waals surface area contributed by atoms with Crippen LogP contribution in [0.3, 0.4) is 0 Å². The molecule has 0 spiro atoms. The first-order chi connectivity index (χ1) is 8.72. The van der Waals surface area contributed by atoms with Crippen molar-refractivity contribution in [3.05, 3.63) is 39.4 Å². The summed E-state index contributed by atoms with van der Waals surface area (Å²) in [6.45, 7) is 2.51. The average molecular weight is 308 g/mol. The molecule has 1 nitrogen and oxygen atoms in total. The summed E-state index contributed by atoms with van der Waals surface area (Å²) in [5.41, 5.74) is 3.38. The first-order valence-electron chi connectivity index (χ1n) is 5.97. The molecule has 18 heavy (non-hydrogen) atoms. The van der Waals surface area contributed by atoms with Gasteiger partial charge in [0.15, 0.2) is 0 Å². The highest BCUT2D eigenvalue weighted by Gasteiger charge is 2.18. The second-order valence-corrected chi connectivity index (χ2v) is 5.29. The Morgan fingerprint density at radius 2 is 2.22 bits per heavy atom. The van der Waals surface area contributed by atoms with Gasteiger partial charge in [-0.25, -0.2) is 0 Å².